The average Bonchev–Trinajstić information content (AvgIpc) is 3.32. The Kier molecular flexibility index (Phi) is 7.44. The van der Waals surface area contributed by atoms with Gasteiger partial charge >= 0.3 is 0 Å². The van der Waals surface area contributed by atoms with Gasteiger partial charge in [0.25, 0.3) is 0 Å². The predicted octanol–water partition coefficient (Wildman–Crippen LogP) is 3.16. The molecule has 0 heterocycles. The van der Waals surface area contributed by atoms with E-state index in [0.29, 0.717) is 35.3 Å². The van der Waals surface area contributed by atoms with Gasteiger partial charge in [-0.25, -0.2) is 4.99 Å². The Morgan fingerprint density at radius 3 is 2.43 bits per heavy atom. The zero-order chi connectivity index (χ0) is 16.2. The van der Waals surface area contributed by atoms with Crippen molar-refractivity contribution in [1.29, 1.82) is 0 Å². The van der Waals surface area contributed by atoms with Gasteiger partial charge < -0.3 is 20.5 Å². The third kappa shape index (κ3) is 5.16. The summed E-state index contributed by atoms with van der Waals surface area (Å²) in [6, 6.07) is 5.77. The van der Waals surface area contributed by atoms with Crippen LogP contribution < -0.4 is 20.5 Å². The van der Waals surface area contributed by atoms with Crippen molar-refractivity contribution >= 4 is 29.9 Å². The van der Waals surface area contributed by atoms with E-state index in [9.17, 15) is 0 Å². The lowest BCUT2D eigenvalue weighted by atomic mass is 9.92. The van der Waals surface area contributed by atoms with Crippen LogP contribution in [-0.4, -0.2) is 26.7 Å². The van der Waals surface area contributed by atoms with Gasteiger partial charge in [-0.2, -0.15) is 0 Å². The Balaban J connectivity index is 0.00000264. The van der Waals surface area contributed by atoms with Crippen molar-refractivity contribution in [1.82, 2.24) is 5.32 Å². The summed E-state index contributed by atoms with van der Waals surface area (Å²) in [6.07, 6.45) is 2.56. The van der Waals surface area contributed by atoms with Crippen molar-refractivity contribution in [2.45, 2.75) is 33.2 Å². The van der Waals surface area contributed by atoms with E-state index in [-0.39, 0.29) is 24.0 Å². The van der Waals surface area contributed by atoms with Crippen LogP contribution in [0.15, 0.2) is 23.2 Å². The van der Waals surface area contributed by atoms with E-state index in [4.69, 9.17) is 15.2 Å². The van der Waals surface area contributed by atoms with Crippen LogP contribution in [0.1, 0.15) is 32.3 Å². The normalized spacial score (nSPS) is 15.8. The van der Waals surface area contributed by atoms with Gasteiger partial charge in [0, 0.05) is 6.54 Å². The summed E-state index contributed by atoms with van der Waals surface area (Å²) >= 11 is 0. The lowest BCUT2D eigenvalue weighted by molar-refractivity contribution is 0.354. The Hall–Kier alpha value is -1.18. The van der Waals surface area contributed by atoms with Gasteiger partial charge in [-0.05, 0) is 41.9 Å². The van der Waals surface area contributed by atoms with Crippen molar-refractivity contribution < 1.29 is 9.47 Å². The summed E-state index contributed by atoms with van der Waals surface area (Å²) in [6.45, 7) is 5.97. The number of hydrogen-bond acceptors (Lipinski definition) is 3. The number of guanidine groups is 1. The highest BCUT2D eigenvalue weighted by atomic mass is 127. The second-order valence-electron chi connectivity index (χ2n) is 6.26. The number of ether oxygens (including phenoxy) is 2. The highest BCUT2D eigenvalue weighted by molar-refractivity contribution is 14.0. The molecule has 23 heavy (non-hydrogen) atoms. The first kappa shape index (κ1) is 19.9. The molecule has 1 aromatic carbocycles. The molecule has 1 saturated carbocycles. The highest BCUT2D eigenvalue weighted by Gasteiger charge is 2.44. The number of aliphatic imine (C=N–C) groups is 1. The van der Waals surface area contributed by atoms with E-state index in [1.54, 1.807) is 14.2 Å². The van der Waals surface area contributed by atoms with Crippen LogP contribution in [-0.2, 0) is 6.54 Å². The molecular weight excluding hydrogens is 405 g/mol. The molecule has 5 nitrogen and oxygen atoms in total. The fourth-order valence-electron chi connectivity index (χ4n) is 2.60. The molecule has 1 aliphatic rings. The maximum Gasteiger partial charge on any atom is 0.188 e. The van der Waals surface area contributed by atoms with Crippen LogP contribution in [0.2, 0.25) is 0 Å². The zero-order valence-corrected chi connectivity index (χ0v) is 16.7. The molecule has 0 spiro atoms. The average molecular weight is 433 g/mol. The number of nitrogens with one attached hydrogen (secondary N) is 1. The summed E-state index contributed by atoms with van der Waals surface area (Å²) in [5.41, 5.74) is 7.42. The second kappa shape index (κ2) is 8.61. The smallest absolute Gasteiger partial charge is 0.188 e. The quantitative estimate of drug-likeness (QED) is 0.394. The van der Waals surface area contributed by atoms with Gasteiger partial charge in [-0.1, -0.05) is 19.9 Å². The minimum Gasteiger partial charge on any atom is -0.493 e. The Labute approximate surface area is 156 Å². The van der Waals surface area contributed by atoms with E-state index < -0.39 is 0 Å². The van der Waals surface area contributed by atoms with Gasteiger partial charge in [0.1, 0.15) is 0 Å². The van der Waals surface area contributed by atoms with E-state index >= 15 is 0 Å². The number of nitrogens with zero attached hydrogens (tertiary/aromatic N) is 1. The zero-order valence-electron chi connectivity index (χ0n) is 14.4. The van der Waals surface area contributed by atoms with Crippen LogP contribution in [0.4, 0.5) is 0 Å². The molecule has 0 aromatic heterocycles. The molecule has 0 bridgehead atoms. The molecule has 1 aliphatic carbocycles. The third-order valence-corrected chi connectivity index (χ3v) is 4.62. The molecule has 0 saturated heterocycles. The van der Waals surface area contributed by atoms with Crippen molar-refractivity contribution in [2.75, 3.05) is 20.8 Å². The summed E-state index contributed by atoms with van der Waals surface area (Å²) in [5, 5.41) is 3.26. The molecule has 0 aliphatic heterocycles. The molecule has 0 atom stereocenters. The lowest BCUT2D eigenvalue weighted by Gasteiger charge is -2.20. The molecule has 1 aromatic rings. The minimum atomic E-state index is 0. The van der Waals surface area contributed by atoms with Crippen molar-refractivity contribution in [3.8, 4) is 11.5 Å². The van der Waals surface area contributed by atoms with E-state index in [1.165, 1.54) is 12.8 Å². The van der Waals surface area contributed by atoms with E-state index in [1.807, 2.05) is 18.2 Å². The second-order valence-corrected chi connectivity index (χ2v) is 6.26. The molecular formula is C17H28IN3O2. The molecule has 3 N–H and O–H groups in total. The summed E-state index contributed by atoms with van der Waals surface area (Å²) < 4.78 is 10.5. The number of halogens is 1. The molecule has 0 amide bonds. The van der Waals surface area contributed by atoms with Gasteiger partial charge in [0.15, 0.2) is 17.5 Å². The van der Waals surface area contributed by atoms with Crippen molar-refractivity contribution in [3.05, 3.63) is 23.8 Å². The van der Waals surface area contributed by atoms with Gasteiger partial charge in [-0.15, -0.1) is 24.0 Å². The van der Waals surface area contributed by atoms with Gasteiger partial charge in [0.05, 0.1) is 20.8 Å². The highest BCUT2D eigenvalue weighted by Crippen LogP contribution is 2.51. The first-order valence-corrected chi connectivity index (χ1v) is 7.75. The van der Waals surface area contributed by atoms with Crippen LogP contribution in [0.3, 0.4) is 0 Å². The van der Waals surface area contributed by atoms with E-state index in [0.717, 1.165) is 12.1 Å². The number of rotatable bonds is 7. The lowest BCUT2D eigenvalue weighted by Crippen LogP contribution is -2.37. The first-order valence-electron chi connectivity index (χ1n) is 7.75. The SMILES string of the molecule is COc1ccc(CN=C(N)NCC2(C(C)C)CC2)cc1OC.I. The molecule has 130 valence electrons. The van der Waals surface area contributed by atoms with Crippen molar-refractivity contribution in [3.63, 3.8) is 0 Å². The third-order valence-electron chi connectivity index (χ3n) is 4.62. The number of nitrogens with two attached hydrogens (primary N) is 1. The minimum absolute atomic E-state index is 0. The summed E-state index contributed by atoms with van der Waals surface area (Å²) in [4.78, 5) is 4.40. The van der Waals surface area contributed by atoms with Crippen LogP contribution >= 0.6 is 24.0 Å². The monoisotopic (exact) mass is 433 g/mol. The number of methoxy groups -OCH3 is 2. The topological polar surface area (TPSA) is 68.9 Å². The first-order chi connectivity index (χ1) is 10.5. The predicted molar refractivity (Wildman–Crippen MR) is 105 cm³/mol. The largest absolute Gasteiger partial charge is 0.493 e. The molecule has 0 radical (unpaired) electrons. The number of benzene rings is 1. The summed E-state index contributed by atoms with van der Waals surface area (Å²) in [5.74, 6) is 2.60. The number of hydrogen-bond donors (Lipinski definition) is 2. The van der Waals surface area contributed by atoms with E-state index in [2.05, 4.69) is 24.2 Å². The summed E-state index contributed by atoms with van der Waals surface area (Å²) in [7, 11) is 3.25. The standard InChI is InChI=1S/C17H27N3O2.HI/c1-12(2)17(7-8-17)11-20-16(18)19-10-13-5-6-14(21-3)15(9-13)22-4;/h5-6,9,12H,7-8,10-11H2,1-4H3,(H3,18,19,20);1H. The van der Waals surface area contributed by atoms with Gasteiger partial charge in [-0.3, -0.25) is 0 Å². The fourth-order valence-corrected chi connectivity index (χ4v) is 2.60. The Bertz CT molecular complexity index is 543. The Morgan fingerprint density at radius 1 is 1.26 bits per heavy atom. The molecule has 6 heteroatoms. The maximum atomic E-state index is 5.97. The maximum absolute atomic E-state index is 5.97. The molecule has 1 fully saturated rings. The van der Waals surface area contributed by atoms with Gasteiger partial charge in [0.2, 0.25) is 0 Å². The van der Waals surface area contributed by atoms with Crippen LogP contribution in [0, 0.1) is 11.3 Å². The van der Waals surface area contributed by atoms with Crippen LogP contribution in [0.25, 0.3) is 0 Å². The molecule has 0 unspecified atom stereocenters. The molecule has 2 rings (SSSR count). The van der Waals surface area contributed by atoms with Crippen LogP contribution in [0.5, 0.6) is 11.5 Å². The Morgan fingerprint density at radius 2 is 1.91 bits per heavy atom. The fraction of sp³-hybridized carbons (Fsp3) is 0.588. The van der Waals surface area contributed by atoms with Crippen molar-refractivity contribution in [2.24, 2.45) is 22.1 Å².